The highest BCUT2D eigenvalue weighted by atomic mass is 79.9. The number of nitrogens with two attached hydrogens (primary N) is 1. The van der Waals surface area contributed by atoms with Gasteiger partial charge in [-0.25, -0.2) is 0 Å². The van der Waals surface area contributed by atoms with Crippen molar-refractivity contribution in [3.05, 3.63) is 45.6 Å². The minimum atomic E-state index is -1.31. The molecule has 0 aliphatic heterocycles. The molecular formula is C15H8BrN5. The molecule has 1 aromatic carbocycles. The Bertz CT molecular complexity index is 783. The van der Waals surface area contributed by atoms with Crippen LogP contribution >= 0.6 is 15.9 Å². The van der Waals surface area contributed by atoms with E-state index in [2.05, 4.69) is 22.0 Å². The molecule has 1 saturated carbocycles. The topological polar surface area (TPSA) is 121 Å². The fourth-order valence-corrected chi connectivity index (χ4v) is 3.02. The third-order valence-corrected chi connectivity index (χ3v) is 4.17. The molecule has 100 valence electrons. The van der Waals surface area contributed by atoms with Crippen molar-refractivity contribution in [2.75, 3.05) is 0 Å². The van der Waals surface area contributed by atoms with E-state index in [0.29, 0.717) is 0 Å². The molecule has 1 fully saturated rings. The lowest BCUT2D eigenvalue weighted by Crippen LogP contribution is -2.17. The Kier molecular flexibility index (Phi) is 3.68. The Hall–Kier alpha value is -2.80. The van der Waals surface area contributed by atoms with Gasteiger partial charge in [0.2, 0.25) is 0 Å². The van der Waals surface area contributed by atoms with Gasteiger partial charge in [0.05, 0.1) is 23.8 Å². The summed E-state index contributed by atoms with van der Waals surface area (Å²) in [5.74, 6) is -1.12. The van der Waals surface area contributed by atoms with Crippen molar-refractivity contribution in [1.29, 1.82) is 21.0 Å². The van der Waals surface area contributed by atoms with Gasteiger partial charge < -0.3 is 5.73 Å². The van der Waals surface area contributed by atoms with E-state index in [4.69, 9.17) is 16.3 Å². The molecule has 0 saturated heterocycles. The predicted molar refractivity (Wildman–Crippen MR) is 76.5 cm³/mol. The second kappa shape index (κ2) is 5.29. The summed E-state index contributed by atoms with van der Waals surface area (Å²) in [5, 5.41) is 36.7. The monoisotopic (exact) mass is 337 g/mol. The van der Waals surface area contributed by atoms with E-state index in [1.165, 1.54) is 0 Å². The summed E-state index contributed by atoms with van der Waals surface area (Å²) >= 11 is 3.34. The summed E-state index contributed by atoms with van der Waals surface area (Å²) < 4.78 is 0.818. The highest BCUT2D eigenvalue weighted by molar-refractivity contribution is 9.10. The van der Waals surface area contributed by atoms with Crippen molar-refractivity contribution in [3.8, 4) is 24.3 Å². The van der Waals surface area contributed by atoms with Gasteiger partial charge >= 0.3 is 0 Å². The molecule has 1 aliphatic carbocycles. The van der Waals surface area contributed by atoms with Crippen LogP contribution in [-0.2, 0) is 0 Å². The first kappa shape index (κ1) is 14.6. The van der Waals surface area contributed by atoms with Crippen LogP contribution in [-0.4, -0.2) is 0 Å². The average Bonchev–Trinajstić information content (AvgIpc) is 3.17. The van der Waals surface area contributed by atoms with Gasteiger partial charge in [0, 0.05) is 10.4 Å². The summed E-state index contributed by atoms with van der Waals surface area (Å²) in [6, 6.07) is 14.7. The minimum Gasteiger partial charge on any atom is -0.399 e. The predicted octanol–water partition coefficient (Wildman–Crippen LogP) is 2.46. The van der Waals surface area contributed by atoms with Crippen LogP contribution in [0, 0.1) is 56.7 Å². The summed E-state index contributed by atoms with van der Waals surface area (Å²) in [6.07, 6.45) is 0. The number of benzene rings is 1. The number of hydrogen-bond acceptors (Lipinski definition) is 5. The summed E-state index contributed by atoms with van der Waals surface area (Å²) in [7, 11) is 0. The van der Waals surface area contributed by atoms with Crippen molar-refractivity contribution in [2.45, 2.75) is 5.92 Å². The number of nitrogens with zero attached hydrogens (tertiary/aromatic N) is 4. The van der Waals surface area contributed by atoms with E-state index in [-0.39, 0.29) is 11.3 Å². The lowest BCUT2D eigenvalue weighted by atomic mass is 9.94. The van der Waals surface area contributed by atoms with Gasteiger partial charge in [-0.2, -0.15) is 21.0 Å². The second-order valence-corrected chi connectivity index (χ2v) is 5.55. The van der Waals surface area contributed by atoms with Crippen molar-refractivity contribution in [3.63, 3.8) is 0 Å². The Morgan fingerprint density at radius 3 is 2.33 bits per heavy atom. The van der Waals surface area contributed by atoms with Crippen LogP contribution in [0.2, 0.25) is 0 Å². The van der Waals surface area contributed by atoms with Crippen molar-refractivity contribution in [1.82, 2.24) is 0 Å². The second-order valence-electron chi connectivity index (χ2n) is 4.63. The maximum absolute atomic E-state index is 9.52. The van der Waals surface area contributed by atoms with Gasteiger partial charge in [-0.15, -0.1) is 0 Å². The van der Waals surface area contributed by atoms with E-state index >= 15 is 0 Å². The van der Waals surface area contributed by atoms with E-state index in [1.54, 1.807) is 30.3 Å². The SMILES string of the molecule is N#CC(C#N)=C(N)[C@]1(C#N)[C@@H](C#N)[C@@H]1c1cccc(Br)c1. The first-order chi connectivity index (χ1) is 10.1. The van der Waals surface area contributed by atoms with Crippen molar-refractivity contribution in [2.24, 2.45) is 17.1 Å². The van der Waals surface area contributed by atoms with Crippen LogP contribution in [0.5, 0.6) is 0 Å². The molecule has 21 heavy (non-hydrogen) atoms. The number of halogens is 1. The maximum atomic E-state index is 9.52. The molecule has 6 heteroatoms. The molecule has 0 unspecified atom stereocenters. The van der Waals surface area contributed by atoms with E-state index in [9.17, 15) is 10.5 Å². The molecule has 2 rings (SSSR count). The Morgan fingerprint density at radius 1 is 1.19 bits per heavy atom. The van der Waals surface area contributed by atoms with Gasteiger partial charge in [-0.1, -0.05) is 28.1 Å². The van der Waals surface area contributed by atoms with Crippen LogP contribution in [0.15, 0.2) is 40.0 Å². The molecule has 5 nitrogen and oxygen atoms in total. The lowest BCUT2D eigenvalue weighted by molar-refractivity contribution is 0.719. The first-order valence-electron chi connectivity index (χ1n) is 5.93. The standard InChI is InChI=1S/C15H8BrN5/c16-11-3-1-2-9(4-11)13-12(7-19)15(13,8-20)14(21)10(5-17)6-18/h1-4,12-13H,21H2/t12-,13-,15+/m0/s1. The Balaban J connectivity index is 2.60. The fourth-order valence-electron chi connectivity index (χ4n) is 2.61. The Morgan fingerprint density at radius 2 is 1.86 bits per heavy atom. The van der Waals surface area contributed by atoms with Crippen LogP contribution < -0.4 is 5.73 Å². The smallest absolute Gasteiger partial charge is 0.150 e. The quantitative estimate of drug-likeness (QED) is 0.830. The van der Waals surface area contributed by atoms with Gasteiger partial charge in [-0.3, -0.25) is 0 Å². The molecule has 0 amide bonds. The van der Waals surface area contributed by atoms with Gasteiger partial charge in [-0.05, 0) is 17.7 Å². The van der Waals surface area contributed by atoms with Crippen LogP contribution in [0.25, 0.3) is 0 Å². The van der Waals surface area contributed by atoms with Gasteiger partial charge in [0.15, 0.2) is 0 Å². The molecule has 2 N–H and O–H groups in total. The number of nitriles is 4. The van der Waals surface area contributed by atoms with Crippen molar-refractivity contribution >= 4 is 15.9 Å². The lowest BCUT2D eigenvalue weighted by Gasteiger charge is -2.09. The van der Waals surface area contributed by atoms with E-state index in [0.717, 1.165) is 10.0 Å². The fraction of sp³-hybridized carbons (Fsp3) is 0.200. The number of hydrogen-bond donors (Lipinski definition) is 1. The summed E-state index contributed by atoms with van der Waals surface area (Å²) in [6.45, 7) is 0. The summed E-state index contributed by atoms with van der Waals surface area (Å²) in [5.41, 5.74) is 4.91. The zero-order valence-electron chi connectivity index (χ0n) is 10.7. The molecule has 0 aromatic heterocycles. The molecular weight excluding hydrogens is 330 g/mol. The molecule has 0 radical (unpaired) electrons. The molecule has 0 spiro atoms. The van der Waals surface area contributed by atoms with E-state index < -0.39 is 17.3 Å². The largest absolute Gasteiger partial charge is 0.399 e. The normalized spacial score (nSPS) is 25.6. The summed E-state index contributed by atoms with van der Waals surface area (Å²) in [4.78, 5) is 0. The molecule has 3 atom stereocenters. The maximum Gasteiger partial charge on any atom is 0.150 e. The van der Waals surface area contributed by atoms with Crippen molar-refractivity contribution < 1.29 is 0 Å². The average molecular weight is 338 g/mol. The van der Waals surface area contributed by atoms with Crippen LogP contribution in [0.4, 0.5) is 0 Å². The number of rotatable bonds is 2. The zero-order valence-corrected chi connectivity index (χ0v) is 12.3. The third-order valence-electron chi connectivity index (χ3n) is 3.68. The van der Waals surface area contributed by atoms with Crippen LogP contribution in [0.3, 0.4) is 0 Å². The highest BCUT2D eigenvalue weighted by Gasteiger charge is 2.69. The zero-order chi connectivity index (χ0) is 15.6. The third kappa shape index (κ3) is 2.03. The molecule has 0 bridgehead atoms. The van der Waals surface area contributed by atoms with Crippen LogP contribution in [0.1, 0.15) is 11.5 Å². The molecule has 0 heterocycles. The Labute approximate surface area is 130 Å². The highest BCUT2D eigenvalue weighted by Crippen LogP contribution is 2.67. The minimum absolute atomic E-state index is 0.119. The van der Waals surface area contributed by atoms with E-state index in [1.807, 2.05) is 12.1 Å². The first-order valence-corrected chi connectivity index (χ1v) is 6.72. The van der Waals surface area contributed by atoms with Gasteiger partial charge in [0.1, 0.15) is 23.1 Å². The molecule has 1 aliphatic rings. The van der Waals surface area contributed by atoms with Gasteiger partial charge in [0.25, 0.3) is 0 Å². The molecule has 1 aromatic rings. The number of allylic oxidation sites excluding steroid dienone is 2.